The Labute approximate surface area is 146 Å². The molecule has 1 aromatic carbocycles. The van der Waals surface area contributed by atoms with Crippen molar-refractivity contribution in [2.75, 3.05) is 11.6 Å². The SMILES string of the molecule is Cc1nnc(SCC(=O)NCc2ccc(Cl)cc2Cl)n(N)c1=O. The number of carbonyl (C=O) groups is 1. The van der Waals surface area contributed by atoms with E-state index in [-0.39, 0.29) is 29.1 Å². The molecule has 10 heteroatoms. The van der Waals surface area contributed by atoms with E-state index in [1.807, 2.05) is 0 Å². The Bertz CT molecular complexity index is 796. The minimum atomic E-state index is -0.448. The summed E-state index contributed by atoms with van der Waals surface area (Å²) in [5.41, 5.74) is 0.495. The molecule has 0 atom stereocenters. The van der Waals surface area contributed by atoms with Crippen LogP contribution in [0.1, 0.15) is 11.3 Å². The first-order chi connectivity index (χ1) is 10.9. The van der Waals surface area contributed by atoms with Crippen LogP contribution >= 0.6 is 35.0 Å². The van der Waals surface area contributed by atoms with Crippen molar-refractivity contribution in [3.63, 3.8) is 0 Å². The smallest absolute Gasteiger partial charge is 0.294 e. The van der Waals surface area contributed by atoms with Crippen molar-refractivity contribution in [3.05, 3.63) is 49.9 Å². The predicted molar refractivity (Wildman–Crippen MR) is 90.2 cm³/mol. The van der Waals surface area contributed by atoms with E-state index in [0.717, 1.165) is 22.0 Å². The number of benzene rings is 1. The first-order valence-corrected chi connectivity index (χ1v) is 8.17. The van der Waals surface area contributed by atoms with Crippen molar-refractivity contribution in [2.24, 2.45) is 0 Å². The molecule has 0 aliphatic heterocycles. The molecule has 0 saturated heterocycles. The van der Waals surface area contributed by atoms with Gasteiger partial charge in [0.15, 0.2) is 0 Å². The molecule has 0 spiro atoms. The number of hydrogen-bond donors (Lipinski definition) is 2. The molecular formula is C13H13Cl2N5O2S. The first-order valence-electron chi connectivity index (χ1n) is 6.43. The molecule has 122 valence electrons. The average Bonchev–Trinajstić information content (AvgIpc) is 2.51. The van der Waals surface area contributed by atoms with Gasteiger partial charge < -0.3 is 11.2 Å². The number of aryl methyl sites for hydroxylation is 1. The number of halogens is 2. The lowest BCUT2D eigenvalue weighted by Gasteiger charge is -2.08. The number of nitrogens with one attached hydrogen (secondary N) is 1. The normalized spacial score (nSPS) is 10.6. The summed E-state index contributed by atoms with van der Waals surface area (Å²) in [6.07, 6.45) is 0. The highest BCUT2D eigenvalue weighted by Crippen LogP contribution is 2.20. The molecule has 2 aromatic rings. The summed E-state index contributed by atoms with van der Waals surface area (Å²) in [5.74, 6) is 5.38. The van der Waals surface area contributed by atoms with E-state index in [0.29, 0.717) is 10.0 Å². The number of nitrogens with zero attached hydrogens (tertiary/aromatic N) is 3. The van der Waals surface area contributed by atoms with E-state index >= 15 is 0 Å². The second-order valence-corrected chi connectivity index (χ2v) is 6.33. The number of thioether (sulfide) groups is 1. The zero-order valence-electron chi connectivity index (χ0n) is 12.0. The highest BCUT2D eigenvalue weighted by atomic mass is 35.5. The molecule has 0 radical (unpaired) electrons. The maximum absolute atomic E-state index is 11.9. The van der Waals surface area contributed by atoms with Gasteiger partial charge in [-0.25, -0.2) is 0 Å². The molecule has 0 unspecified atom stereocenters. The fraction of sp³-hybridized carbons (Fsp3) is 0.231. The topological polar surface area (TPSA) is 103 Å². The van der Waals surface area contributed by atoms with Crippen LogP contribution in [-0.4, -0.2) is 26.5 Å². The van der Waals surface area contributed by atoms with E-state index in [1.165, 1.54) is 6.92 Å². The Morgan fingerprint density at radius 2 is 2.13 bits per heavy atom. The number of carbonyl (C=O) groups excluding carboxylic acids is 1. The van der Waals surface area contributed by atoms with Gasteiger partial charge in [0.05, 0.1) is 5.75 Å². The predicted octanol–water partition coefficient (Wildman–Crippen LogP) is 1.38. The van der Waals surface area contributed by atoms with Crippen LogP contribution in [-0.2, 0) is 11.3 Å². The molecular weight excluding hydrogens is 361 g/mol. The zero-order chi connectivity index (χ0) is 17.0. The van der Waals surface area contributed by atoms with Gasteiger partial charge in [0, 0.05) is 16.6 Å². The second-order valence-electron chi connectivity index (χ2n) is 4.54. The van der Waals surface area contributed by atoms with Crippen LogP contribution in [0.25, 0.3) is 0 Å². The number of amides is 1. The lowest BCUT2D eigenvalue weighted by molar-refractivity contribution is -0.118. The Morgan fingerprint density at radius 1 is 1.39 bits per heavy atom. The van der Waals surface area contributed by atoms with Gasteiger partial charge in [-0.05, 0) is 24.6 Å². The highest BCUT2D eigenvalue weighted by Gasteiger charge is 2.10. The number of hydrogen-bond acceptors (Lipinski definition) is 6. The van der Waals surface area contributed by atoms with Crippen LogP contribution in [0, 0.1) is 6.92 Å². The molecule has 23 heavy (non-hydrogen) atoms. The number of rotatable bonds is 5. The van der Waals surface area contributed by atoms with Crippen LogP contribution < -0.4 is 16.7 Å². The molecule has 0 aliphatic rings. The summed E-state index contributed by atoms with van der Waals surface area (Å²) < 4.78 is 0.871. The summed E-state index contributed by atoms with van der Waals surface area (Å²) in [6.45, 7) is 1.78. The summed E-state index contributed by atoms with van der Waals surface area (Å²) in [4.78, 5) is 23.5. The molecule has 1 amide bonds. The average molecular weight is 374 g/mol. The van der Waals surface area contributed by atoms with E-state index < -0.39 is 5.56 Å². The number of nitrogens with two attached hydrogens (primary N) is 1. The summed E-state index contributed by atoms with van der Waals surface area (Å²) in [7, 11) is 0. The molecule has 7 nitrogen and oxygen atoms in total. The van der Waals surface area contributed by atoms with Crippen LogP contribution in [0.5, 0.6) is 0 Å². The van der Waals surface area contributed by atoms with Crippen molar-refractivity contribution in [1.82, 2.24) is 20.2 Å². The fourth-order valence-corrected chi connectivity index (χ4v) is 2.77. The van der Waals surface area contributed by atoms with Gasteiger partial charge in [-0.1, -0.05) is 41.0 Å². The fourth-order valence-electron chi connectivity index (χ4n) is 1.61. The van der Waals surface area contributed by atoms with Crippen LogP contribution in [0.2, 0.25) is 10.0 Å². The van der Waals surface area contributed by atoms with Crippen molar-refractivity contribution in [3.8, 4) is 0 Å². The van der Waals surface area contributed by atoms with Gasteiger partial charge in [0.25, 0.3) is 5.56 Å². The summed E-state index contributed by atoms with van der Waals surface area (Å²) in [5, 5.41) is 11.4. The Balaban J connectivity index is 1.91. The lowest BCUT2D eigenvalue weighted by atomic mass is 10.2. The quantitative estimate of drug-likeness (QED) is 0.606. The van der Waals surface area contributed by atoms with E-state index in [2.05, 4.69) is 15.5 Å². The maximum Gasteiger partial charge on any atom is 0.294 e. The molecule has 0 bridgehead atoms. The minimum Gasteiger partial charge on any atom is -0.351 e. The standard InChI is InChI=1S/C13H13Cl2N5O2S/c1-7-12(22)20(16)13(19-18-7)23-6-11(21)17-5-8-2-3-9(14)4-10(8)15/h2-4H,5-6,16H2,1H3,(H,17,21). The molecule has 0 fully saturated rings. The largest absolute Gasteiger partial charge is 0.351 e. The number of nitrogen functional groups attached to an aromatic ring is 1. The van der Waals surface area contributed by atoms with Crippen molar-refractivity contribution >= 4 is 40.9 Å². The van der Waals surface area contributed by atoms with E-state index in [1.54, 1.807) is 18.2 Å². The van der Waals surface area contributed by atoms with Crippen LogP contribution in [0.3, 0.4) is 0 Å². The minimum absolute atomic E-state index is 0.0413. The molecule has 0 aliphatic carbocycles. The molecule has 1 aromatic heterocycles. The number of aromatic nitrogens is 3. The third-order valence-corrected chi connectivity index (χ3v) is 4.37. The van der Waals surface area contributed by atoms with Crippen molar-refractivity contribution < 1.29 is 4.79 Å². The van der Waals surface area contributed by atoms with Gasteiger partial charge in [-0.2, -0.15) is 4.68 Å². The Kier molecular flexibility index (Phi) is 5.86. The highest BCUT2D eigenvalue weighted by molar-refractivity contribution is 7.99. The van der Waals surface area contributed by atoms with Gasteiger partial charge in [-0.3, -0.25) is 9.59 Å². The van der Waals surface area contributed by atoms with E-state index in [4.69, 9.17) is 29.0 Å². The molecule has 3 N–H and O–H groups in total. The Hall–Kier alpha value is -1.77. The zero-order valence-corrected chi connectivity index (χ0v) is 14.4. The van der Waals surface area contributed by atoms with Crippen LogP contribution in [0.4, 0.5) is 0 Å². The van der Waals surface area contributed by atoms with Crippen LogP contribution in [0.15, 0.2) is 28.2 Å². The second kappa shape index (κ2) is 7.67. The third-order valence-electron chi connectivity index (χ3n) is 2.84. The summed E-state index contributed by atoms with van der Waals surface area (Å²) >= 11 is 12.9. The van der Waals surface area contributed by atoms with Crippen molar-refractivity contribution in [1.29, 1.82) is 0 Å². The van der Waals surface area contributed by atoms with Gasteiger partial charge >= 0.3 is 0 Å². The third kappa shape index (κ3) is 4.60. The van der Waals surface area contributed by atoms with Crippen molar-refractivity contribution in [2.45, 2.75) is 18.6 Å². The lowest BCUT2D eigenvalue weighted by Crippen LogP contribution is -2.33. The van der Waals surface area contributed by atoms with Gasteiger partial charge in [0.2, 0.25) is 11.1 Å². The monoisotopic (exact) mass is 373 g/mol. The first kappa shape index (κ1) is 17.6. The Morgan fingerprint density at radius 3 is 2.83 bits per heavy atom. The maximum atomic E-state index is 11.9. The molecule has 1 heterocycles. The molecule has 0 saturated carbocycles. The van der Waals surface area contributed by atoms with Gasteiger partial charge in [-0.15, -0.1) is 10.2 Å². The van der Waals surface area contributed by atoms with E-state index in [9.17, 15) is 9.59 Å². The molecule has 2 rings (SSSR count). The summed E-state index contributed by atoms with van der Waals surface area (Å²) in [6, 6.07) is 5.04. The van der Waals surface area contributed by atoms with Gasteiger partial charge in [0.1, 0.15) is 5.69 Å².